The first kappa shape index (κ1) is 20.3. The number of rotatable bonds is 5. The monoisotopic (exact) mass is 449 g/mol. The number of aromatic nitrogens is 2. The van der Waals surface area contributed by atoms with E-state index in [4.69, 9.17) is 16.3 Å². The second-order valence-electron chi connectivity index (χ2n) is 6.90. The van der Waals surface area contributed by atoms with Gasteiger partial charge in [0.2, 0.25) is 5.91 Å². The average Bonchev–Trinajstić information content (AvgIpc) is 3.08. The number of ether oxygens (including phenoxy) is 1. The van der Waals surface area contributed by atoms with Crippen molar-refractivity contribution in [2.75, 3.05) is 18.2 Å². The molecule has 0 radical (unpaired) electrons. The lowest BCUT2D eigenvalue weighted by atomic mass is 9.97. The highest BCUT2D eigenvalue weighted by Crippen LogP contribution is 2.34. The Morgan fingerprint density at radius 3 is 2.97 bits per heavy atom. The topological polar surface area (TPSA) is 84.1 Å². The van der Waals surface area contributed by atoms with E-state index in [1.807, 2.05) is 6.92 Å². The van der Waals surface area contributed by atoms with Crippen LogP contribution in [0.1, 0.15) is 28.8 Å². The van der Waals surface area contributed by atoms with Gasteiger partial charge in [-0.3, -0.25) is 9.59 Å². The molecular weight excluding hydrogens is 430 g/mol. The van der Waals surface area contributed by atoms with Crippen LogP contribution in [0.4, 0.5) is 5.69 Å². The maximum absolute atomic E-state index is 12.6. The van der Waals surface area contributed by atoms with Gasteiger partial charge in [0.05, 0.1) is 23.9 Å². The van der Waals surface area contributed by atoms with Gasteiger partial charge < -0.3 is 15.0 Å². The van der Waals surface area contributed by atoms with E-state index in [1.165, 1.54) is 23.7 Å². The number of aryl methyl sites for hydroxylation is 3. The van der Waals surface area contributed by atoms with Crippen LogP contribution >= 0.6 is 34.7 Å². The summed E-state index contributed by atoms with van der Waals surface area (Å²) in [5.41, 5.74) is 2.44. The number of H-pyrrole nitrogens is 1. The van der Waals surface area contributed by atoms with Crippen LogP contribution in [0.15, 0.2) is 22.1 Å². The van der Waals surface area contributed by atoms with Gasteiger partial charge >= 0.3 is 0 Å². The number of thiophene rings is 1. The van der Waals surface area contributed by atoms with Gasteiger partial charge in [-0.15, -0.1) is 11.3 Å². The molecule has 0 saturated heterocycles. The molecule has 2 aromatic heterocycles. The SMILES string of the molecule is COc1cc(Cl)c(C)cc1NC(=O)CSc1nc2sc3c(c2c(=O)[nH]1)CCCC3. The molecule has 0 bridgehead atoms. The fourth-order valence-corrected chi connectivity index (χ4v) is 5.60. The Hall–Kier alpha value is -2.03. The number of halogens is 1. The summed E-state index contributed by atoms with van der Waals surface area (Å²) < 4.78 is 5.28. The number of nitrogens with one attached hydrogen (secondary N) is 2. The zero-order valence-corrected chi connectivity index (χ0v) is 18.4. The maximum Gasteiger partial charge on any atom is 0.260 e. The molecule has 2 heterocycles. The van der Waals surface area contributed by atoms with Gasteiger partial charge in [0.1, 0.15) is 10.6 Å². The molecule has 1 amide bonds. The highest BCUT2D eigenvalue weighted by Gasteiger charge is 2.20. The lowest BCUT2D eigenvalue weighted by molar-refractivity contribution is -0.113. The van der Waals surface area contributed by atoms with Gasteiger partial charge in [0.25, 0.3) is 5.56 Å². The van der Waals surface area contributed by atoms with E-state index in [-0.39, 0.29) is 17.2 Å². The first-order valence-electron chi connectivity index (χ1n) is 9.27. The number of aromatic amines is 1. The molecule has 1 aliphatic carbocycles. The fourth-order valence-electron chi connectivity index (χ4n) is 3.46. The van der Waals surface area contributed by atoms with E-state index in [2.05, 4.69) is 15.3 Å². The summed E-state index contributed by atoms with van der Waals surface area (Å²) in [6.45, 7) is 1.86. The Balaban J connectivity index is 1.49. The fraction of sp³-hybridized carbons (Fsp3) is 0.350. The Morgan fingerprint density at radius 1 is 1.38 bits per heavy atom. The van der Waals surface area contributed by atoms with Crippen LogP contribution in [-0.2, 0) is 17.6 Å². The van der Waals surface area contributed by atoms with Crippen LogP contribution in [0.2, 0.25) is 5.02 Å². The van der Waals surface area contributed by atoms with Crippen molar-refractivity contribution in [3.05, 3.63) is 43.5 Å². The van der Waals surface area contributed by atoms with Crippen molar-refractivity contribution >= 4 is 56.5 Å². The highest BCUT2D eigenvalue weighted by atomic mass is 35.5. The summed E-state index contributed by atoms with van der Waals surface area (Å²) in [6, 6.07) is 3.44. The highest BCUT2D eigenvalue weighted by molar-refractivity contribution is 7.99. The minimum absolute atomic E-state index is 0.115. The standard InChI is InChI=1S/C20H20ClN3O3S2/c1-10-7-13(14(27-2)8-12(10)21)22-16(25)9-28-20-23-18(26)17-11-5-3-4-6-15(11)29-19(17)24-20/h7-8H,3-6,9H2,1-2H3,(H,22,25)(H,23,24,26). The first-order chi connectivity index (χ1) is 14.0. The molecule has 1 aliphatic rings. The van der Waals surface area contributed by atoms with Gasteiger partial charge in [-0.05, 0) is 49.8 Å². The summed E-state index contributed by atoms with van der Waals surface area (Å²) in [6.07, 6.45) is 4.23. The predicted molar refractivity (Wildman–Crippen MR) is 119 cm³/mol. The third kappa shape index (κ3) is 4.15. The molecule has 2 N–H and O–H groups in total. The van der Waals surface area contributed by atoms with Gasteiger partial charge in [-0.2, -0.15) is 0 Å². The molecule has 0 saturated carbocycles. The molecule has 29 heavy (non-hydrogen) atoms. The molecule has 0 atom stereocenters. The quantitative estimate of drug-likeness (QED) is 0.440. The van der Waals surface area contributed by atoms with Crippen molar-refractivity contribution in [3.8, 4) is 5.75 Å². The smallest absolute Gasteiger partial charge is 0.260 e. The molecule has 6 nitrogen and oxygen atoms in total. The summed E-state index contributed by atoms with van der Waals surface area (Å²) >= 11 is 8.91. The summed E-state index contributed by atoms with van der Waals surface area (Å²) in [4.78, 5) is 34.5. The minimum atomic E-state index is -0.219. The van der Waals surface area contributed by atoms with Crippen LogP contribution < -0.4 is 15.6 Å². The lowest BCUT2D eigenvalue weighted by Crippen LogP contribution is -2.16. The van der Waals surface area contributed by atoms with Crippen molar-refractivity contribution in [2.24, 2.45) is 0 Å². The Bertz CT molecular complexity index is 1160. The molecule has 1 aromatic carbocycles. The number of carbonyl (C=O) groups excluding carboxylic acids is 1. The first-order valence-corrected chi connectivity index (χ1v) is 11.5. The molecule has 9 heteroatoms. The Morgan fingerprint density at radius 2 is 2.17 bits per heavy atom. The van der Waals surface area contributed by atoms with E-state index in [0.29, 0.717) is 21.6 Å². The second-order valence-corrected chi connectivity index (χ2v) is 9.36. The van der Waals surface area contributed by atoms with E-state index >= 15 is 0 Å². The number of methoxy groups -OCH3 is 1. The number of nitrogens with zero attached hydrogens (tertiary/aromatic N) is 1. The second kappa shape index (κ2) is 8.38. The summed E-state index contributed by atoms with van der Waals surface area (Å²) in [5.74, 6) is 0.393. The molecule has 0 unspecified atom stereocenters. The number of thioether (sulfide) groups is 1. The number of anilines is 1. The zero-order valence-electron chi connectivity index (χ0n) is 16.1. The Kier molecular flexibility index (Phi) is 5.85. The number of carbonyl (C=O) groups is 1. The van der Waals surface area contributed by atoms with Crippen LogP contribution in [0.25, 0.3) is 10.2 Å². The summed E-state index contributed by atoms with van der Waals surface area (Å²) in [5, 5.41) is 4.58. The Labute approximate surface area is 181 Å². The van der Waals surface area contributed by atoms with Crippen molar-refractivity contribution in [3.63, 3.8) is 0 Å². The molecule has 0 spiro atoms. The van der Waals surface area contributed by atoms with Crippen LogP contribution in [0.5, 0.6) is 5.75 Å². The number of hydrogen-bond acceptors (Lipinski definition) is 6. The normalized spacial score (nSPS) is 13.3. The summed E-state index contributed by atoms with van der Waals surface area (Å²) in [7, 11) is 1.52. The zero-order chi connectivity index (χ0) is 20.5. The number of amides is 1. The third-order valence-electron chi connectivity index (χ3n) is 4.90. The van der Waals surface area contributed by atoms with Crippen LogP contribution in [-0.4, -0.2) is 28.7 Å². The van der Waals surface area contributed by atoms with Crippen LogP contribution in [0, 0.1) is 6.92 Å². The van der Waals surface area contributed by atoms with Crippen molar-refractivity contribution in [1.82, 2.24) is 9.97 Å². The third-order valence-corrected chi connectivity index (χ3v) is 7.36. The van der Waals surface area contributed by atoms with E-state index < -0.39 is 0 Å². The molecule has 3 aromatic rings. The number of benzene rings is 1. The van der Waals surface area contributed by atoms with Gasteiger partial charge in [0, 0.05) is 16.0 Å². The van der Waals surface area contributed by atoms with Gasteiger partial charge in [-0.1, -0.05) is 23.4 Å². The van der Waals surface area contributed by atoms with Crippen molar-refractivity contribution in [2.45, 2.75) is 37.8 Å². The van der Waals surface area contributed by atoms with Crippen LogP contribution in [0.3, 0.4) is 0 Å². The van der Waals surface area contributed by atoms with E-state index in [0.717, 1.165) is 47.0 Å². The average molecular weight is 450 g/mol. The van der Waals surface area contributed by atoms with Gasteiger partial charge in [0.15, 0.2) is 5.16 Å². The number of fused-ring (bicyclic) bond motifs is 3. The largest absolute Gasteiger partial charge is 0.495 e. The van der Waals surface area contributed by atoms with Crippen molar-refractivity contribution < 1.29 is 9.53 Å². The molecule has 4 rings (SSSR count). The van der Waals surface area contributed by atoms with Gasteiger partial charge in [-0.25, -0.2) is 4.98 Å². The molecule has 0 fully saturated rings. The van der Waals surface area contributed by atoms with E-state index in [9.17, 15) is 9.59 Å². The molecule has 152 valence electrons. The van der Waals surface area contributed by atoms with E-state index in [1.54, 1.807) is 23.5 Å². The maximum atomic E-state index is 12.6. The lowest BCUT2D eigenvalue weighted by Gasteiger charge is -2.12. The number of hydrogen-bond donors (Lipinski definition) is 2. The predicted octanol–water partition coefficient (Wildman–Crippen LogP) is 4.56. The van der Waals surface area contributed by atoms with Crippen molar-refractivity contribution in [1.29, 1.82) is 0 Å². The molecular formula is C20H20ClN3O3S2. The molecule has 0 aliphatic heterocycles. The minimum Gasteiger partial charge on any atom is -0.495 e.